The van der Waals surface area contributed by atoms with Gasteiger partial charge in [0.2, 0.25) is 0 Å². The van der Waals surface area contributed by atoms with Gasteiger partial charge in [0.25, 0.3) is 0 Å². The summed E-state index contributed by atoms with van der Waals surface area (Å²) in [6, 6.07) is 19.0. The van der Waals surface area contributed by atoms with E-state index in [4.69, 9.17) is 8.92 Å². The van der Waals surface area contributed by atoms with Gasteiger partial charge < -0.3 is 18.6 Å². The van der Waals surface area contributed by atoms with Crippen LogP contribution in [0.15, 0.2) is 77.7 Å². The number of ether oxygens (including phenoxy) is 2. The Bertz CT molecular complexity index is 1240. The zero-order chi connectivity index (χ0) is 25.8. The first-order valence-corrected chi connectivity index (χ1v) is 12.8. The first-order valence-electron chi connectivity index (χ1n) is 11.4. The van der Waals surface area contributed by atoms with Gasteiger partial charge >= 0.3 is 16.5 Å². The van der Waals surface area contributed by atoms with Gasteiger partial charge in [0, 0.05) is 18.8 Å². The molecule has 1 heterocycles. The van der Waals surface area contributed by atoms with E-state index in [1.54, 1.807) is 36.4 Å². The molecule has 36 heavy (non-hydrogen) atoms. The van der Waals surface area contributed by atoms with Crippen molar-refractivity contribution < 1.29 is 35.2 Å². The van der Waals surface area contributed by atoms with Crippen LogP contribution in [0.4, 0.5) is 18.9 Å². The fourth-order valence-corrected chi connectivity index (χ4v) is 4.80. The number of benzene rings is 3. The molecule has 10 heteroatoms. The maximum Gasteiger partial charge on any atom is 0.573 e. The lowest BCUT2D eigenvalue weighted by Gasteiger charge is -2.33. The molecule has 4 rings (SSSR count). The maximum atomic E-state index is 12.5. The molecule has 192 valence electrons. The van der Waals surface area contributed by atoms with Crippen molar-refractivity contribution in [2.75, 3.05) is 18.0 Å². The van der Waals surface area contributed by atoms with Crippen molar-refractivity contribution in [3.05, 3.63) is 83.9 Å². The molecule has 0 amide bonds. The molecule has 0 saturated carbocycles. The van der Waals surface area contributed by atoms with Crippen LogP contribution in [-0.4, -0.2) is 34.0 Å². The fourth-order valence-electron chi connectivity index (χ4n) is 3.87. The van der Waals surface area contributed by atoms with E-state index in [1.807, 2.05) is 19.1 Å². The molecule has 1 aliphatic rings. The van der Waals surface area contributed by atoms with Gasteiger partial charge in [0.15, 0.2) is 0 Å². The number of hydrogen-bond acceptors (Lipinski definition) is 6. The minimum atomic E-state index is -4.71. The average Bonchev–Trinajstić information content (AvgIpc) is 2.84. The topological polar surface area (TPSA) is 65.1 Å². The third-order valence-corrected chi connectivity index (χ3v) is 7.06. The average molecular weight is 522 g/mol. The molecule has 1 fully saturated rings. The van der Waals surface area contributed by atoms with Crippen LogP contribution in [0.25, 0.3) is 0 Å². The molecule has 0 radical (unpaired) electrons. The fraction of sp³-hybridized carbons (Fsp3) is 0.308. The number of halogens is 3. The summed E-state index contributed by atoms with van der Waals surface area (Å²) in [5.41, 5.74) is 2.68. The number of nitrogens with zero attached hydrogens (tertiary/aromatic N) is 1. The summed E-state index contributed by atoms with van der Waals surface area (Å²) >= 11 is 0. The molecular weight excluding hydrogens is 495 g/mol. The standard InChI is InChI=1S/C26H26F3NO5S/c1-19-2-12-25(13-3-19)36(31,32)35-24-10-6-21(7-11-24)30-16-14-22(15-17-30)33-18-20-4-8-23(9-5-20)34-26(27,28)29/h2-13,22H,14-18H2,1H3. The smallest absolute Gasteiger partial charge is 0.406 e. The molecular formula is C26H26F3NO5S. The van der Waals surface area contributed by atoms with Crippen molar-refractivity contribution >= 4 is 15.8 Å². The lowest BCUT2D eigenvalue weighted by Crippen LogP contribution is -2.36. The Kier molecular flexibility index (Phi) is 7.75. The predicted molar refractivity (Wildman–Crippen MR) is 129 cm³/mol. The van der Waals surface area contributed by atoms with Gasteiger partial charge in [-0.25, -0.2) is 0 Å². The summed E-state index contributed by atoms with van der Waals surface area (Å²) in [6.45, 7) is 3.69. The van der Waals surface area contributed by atoms with Gasteiger partial charge in [-0.3, -0.25) is 0 Å². The second kappa shape index (κ2) is 10.8. The Morgan fingerprint density at radius 3 is 2.03 bits per heavy atom. The quantitative estimate of drug-likeness (QED) is 0.347. The second-order valence-electron chi connectivity index (χ2n) is 8.53. The molecule has 1 aliphatic heterocycles. The summed E-state index contributed by atoms with van der Waals surface area (Å²) < 4.78 is 76.8. The van der Waals surface area contributed by atoms with Crippen LogP contribution < -0.4 is 13.8 Å². The summed E-state index contributed by atoms with van der Waals surface area (Å²) in [4.78, 5) is 2.28. The van der Waals surface area contributed by atoms with Crippen LogP contribution in [0.2, 0.25) is 0 Å². The van der Waals surface area contributed by atoms with Gasteiger partial charge in [0.1, 0.15) is 16.4 Å². The Morgan fingerprint density at radius 1 is 0.861 bits per heavy atom. The van der Waals surface area contributed by atoms with E-state index in [0.717, 1.165) is 42.7 Å². The molecule has 0 spiro atoms. The van der Waals surface area contributed by atoms with Crippen LogP contribution in [0.5, 0.6) is 11.5 Å². The number of rotatable bonds is 8. The first kappa shape index (κ1) is 25.8. The lowest BCUT2D eigenvalue weighted by molar-refractivity contribution is -0.274. The number of anilines is 1. The highest BCUT2D eigenvalue weighted by molar-refractivity contribution is 7.87. The highest BCUT2D eigenvalue weighted by atomic mass is 32.2. The van der Waals surface area contributed by atoms with Crippen molar-refractivity contribution in [3.63, 3.8) is 0 Å². The van der Waals surface area contributed by atoms with E-state index < -0.39 is 16.5 Å². The number of aryl methyl sites for hydroxylation is 1. The minimum absolute atomic E-state index is 0.0367. The van der Waals surface area contributed by atoms with Crippen molar-refractivity contribution in [2.45, 2.75) is 43.7 Å². The molecule has 6 nitrogen and oxygen atoms in total. The van der Waals surface area contributed by atoms with Crippen molar-refractivity contribution in [1.82, 2.24) is 0 Å². The van der Waals surface area contributed by atoms with Crippen LogP contribution >= 0.6 is 0 Å². The minimum Gasteiger partial charge on any atom is -0.406 e. The van der Waals surface area contributed by atoms with Crippen LogP contribution in [0.1, 0.15) is 24.0 Å². The van der Waals surface area contributed by atoms with E-state index in [1.165, 1.54) is 24.3 Å². The molecule has 0 bridgehead atoms. The summed E-state index contributed by atoms with van der Waals surface area (Å²) in [5.74, 6) is -0.0204. The Hall–Kier alpha value is -3.24. The normalized spacial score (nSPS) is 15.1. The SMILES string of the molecule is Cc1ccc(S(=O)(=O)Oc2ccc(N3CCC(OCc4ccc(OC(F)(F)F)cc4)CC3)cc2)cc1. The third kappa shape index (κ3) is 7.14. The van der Waals surface area contributed by atoms with Gasteiger partial charge in [-0.15, -0.1) is 13.2 Å². The first-order chi connectivity index (χ1) is 17.1. The highest BCUT2D eigenvalue weighted by Gasteiger charge is 2.31. The molecule has 0 aromatic heterocycles. The lowest BCUT2D eigenvalue weighted by atomic mass is 10.1. The van der Waals surface area contributed by atoms with Crippen molar-refractivity contribution in [1.29, 1.82) is 0 Å². The number of alkyl halides is 3. The van der Waals surface area contributed by atoms with Gasteiger partial charge in [-0.2, -0.15) is 8.42 Å². The zero-order valence-corrected chi connectivity index (χ0v) is 20.4. The maximum absolute atomic E-state index is 12.5. The molecule has 0 atom stereocenters. The van der Waals surface area contributed by atoms with E-state index >= 15 is 0 Å². The van der Waals surface area contributed by atoms with Gasteiger partial charge in [0.05, 0.1) is 12.7 Å². The van der Waals surface area contributed by atoms with Crippen LogP contribution in [-0.2, 0) is 21.5 Å². The summed E-state index contributed by atoms with van der Waals surface area (Å²) in [6.07, 6.45) is -3.10. The van der Waals surface area contributed by atoms with E-state index in [0.29, 0.717) is 6.61 Å². The van der Waals surface area contributed by atoms with Crippen molar-refractivity contribution in [3.8, 4) is 11.5 Å². The van der Waals surface area contributed by atoms with E-state index in [-0.39, 0.29) is 22.5 Å². The van der Waals surface area contributed by atoms with E-state index in [2.05, 4.69) is 9.64 Å². The zero-order valence-electron chi connectivity index (χ0n) is 19.6. The second-order valence-corrected chi connectivity index (χ2v) is 10.1. The largest absolute Gasteiger partial charge is 0.573 e. The number of hydrogen-bond donors (Lipinski definition) is 0. The Labute approximate surface area is 208 Å². The predicted octanol–water partition coefficient (Wildman–Crippen LogP) is 5.85. The molecule has 3 aromatic rings. The molecule has 3 aromatic carbocycles. The van der Waals surface area contributed by atoms with Gasteiger partial charge in [-0.05, 0) is 73.9 Å². The van der Waals surface area contributed by atoms with E-state index in [9.17, 15) is 21.6 Å². The Morgan fingerprint density at radius 2 is 1.44 bits per heavy atom. The monoisotopic (exact) mass is 521 g/mol. The van der Waals surface area contributed by atoms with Crippen LogP contribution in [0.3, 0.4) is 0 Å². The summed E-state index contributed by atoms with van der Waals surface area (Å²) in [7, 11) is -3.90. The van der Waals surface area contributed by atoms with Crippen LogP contribution in [0, 0.1) is 6.92 Å². The molecule has 1 saturated heterocycles. The molecule has 0 unspecified atom stereocenters. The number of piperidine rings is 1. The summed E-state index contributed by atoms with van der Waals surface area (Å²) in [5, 5.41) is 0. The highest BCUT2D eigenvalue weighted by Crippen LogP contribution is 2.27. The third-order valence-electron chi connectivity index (χ3n) is 5.80. The van der Waals surface area contributed by atoms with Gasteiger partial charge in [-0.1, -0.05) is 29.8 Å². The molecule has 0 aliphatic carbocycles. The molecule has 0 N–H and O–H groups in total. The Balaban J connectivity index is 1.25. The van der Waals surface area contributed by atoms with Crippen molar-refractivity contribution in [2.24, 2.45) is 0 Å².